The van der Waals surface area contributed by atoms with E-state index in [-0.39, 0.29) is 24.5 Å². The van der Waals surface area contributed by atoms with Gasteiger partial charge < -0.3 is 9.42 Å². The lowest BCUT2D eigenvalue weighted by atomic mass is 10.2. The van der Waals surface area contributed by atoms with Crippen LogP contribution in [-0.4, -0.2) is 23.4 Å². The van der Waals surface area contributed by atoms with Gasteiger partial charge >= 0.3 is 7.60 Å². The molecule has 0 rings (SSSR count). The molecule has 5 heteroatoms. The smallest absolute Gasteiger partial charge is 0.324 e. The van der Waals surface area contributed by atoms with Crippen LogP contribution in [0.3, 0.4) is 0 Å². The van der Waals surface area contributed by atoms with E-state index in [2.05, 4.69) is 0 Å². The molecule has 1 N–H and O–H groups in total. The Morgan fingerprint density at radius 1 is 1.58 bits per heavy atom. The summed E-state index contributed by atoms with van der Waals surface area (Å²) in [7, 11) is -3.65. The molecule has 0 aromatic heterocycles. The molecular weight excluding hydrogens is 179 g/mol. The van der Waals surface area contributed by atoms with Gasteiger partial charge in [-0.05, 0) is 12.8 Å². The summed E-state index contributed by atoms with van der Waals surface area (Å²) in [5.74, 6) is -0.137. The average molecular weight is 194 g/mol. The van der Waals surface area contributed by atoms with Gasteiger partial charge in [-0.25, -0.2) is 0 Å². The third-order valence-corrected chi connectivity index (χ3v) is 2.43. The molecule has 12 heavy (non-hydrogen) atoms. The molecule has 4 nitrogen and oxygen atoms in total. The SMILES string of the molecule is CC(=O)CP(=O)(O)OCC(C)C. The maximum absolute atomic E-state index is 11.0. The molecule has 0 aromatic rings. The van der Waals surface area contributed by atoms with Crippen molar-refractivity contribution in [2.45, 2.75) is 20.8 Å². The molecule has 0 aliphatic carbocycles. The van der Waals surface area contributed by atoms with Crippen molar-refractivity contribution in [3.63, 3.8) is 0 Å². The van der Waals surface area contributed by atoms with E-state index in [0.717, 1.165) is 0 Å². The molecule has 0 saturated heterocycles. The van der Waals surface area contributed by atoms with E-state index in [0.29, 0.717) is 0 Å². The van der Waals surface area contributed by atoms with Gasteiger partial charge in [-0.15, -0.1) is 0 Å². The van der Waals surface area contributed by atoms with E-state index in [9.17, 15) is 9.36 Å². The minimum absolute atomic E-state index is 0.192. The third-order valence-electron chi connectivity index (χ3n) is 1.03. The molecule has 1 atom stereocenters. The first kappa shape index (κ1) is 11.8. The Kier molecular flexibility index (Phi) is 4.68. The molecule has 0 fully saturated rings. The largest absolute Gasteiger partial charge is 0.335 e. The first-order chi connectivity index (χ1) is 5.33. The lowest BCUT2D eigenvalue weighted by Gasteiger charge is -2.11. The Morgan fingerprint density at radius 3 is 2.42 bits per heavy atom. The summed E-state index contributed by atoms with van der Waals surface area (Å²) in [5.41, 5.74) is 0. The fourth-order valence-corrected chi connectivity index (χ4v) is 1.78. The van der Waals surface area contributed by atoms with E-state index >= 15 is 0 Å². The highest BCUT2D eigenvalue weighted by Gasteiger charge is 2.21. The Hall–Kier alpha value is -0.180. The van der Waals surface area contributed by atoms with Crippen LogP contribution in [0.15, 0.2) is 0 Å². The van der Waals surface area contributed by atoms with Crippen LogP contribution in [0.1, 0.15) is 20.8 Å². The number of rotatable bonds is 5. The van der Waals surface area contributed by atoms with Gasteiger partial charge in [0, 0.05) is 0 Å². The van der Waals surface area contributed by atoms with Crippen LogP contribution < -0.4 is 0 Å². The Balaban J connectivity index is 3.88. The van der Waals surface area contributed by atoms with Crippen LogP contribution >= 0.6 is 7.60 Å². The van der Waals surface area contributed by atoms with Gasteiger partial charge in [-0.3, -0.25) is 9.36 Å². The standard InChI is InChI=1S/C7H15O4P/c1-6(2)4-11-12(9,10)5-7(3)8/h6H,4-5H2,1-3H3,(H,9,10). The quantitative estimate of drug-likeness (QED) is 0.672. The van der Waals surface area contributed by atoms with Crippen molar-refractivity contribution < 1.29 is 18.8 Å². The number of Topliss-reactive ketones (excluding diaryl/α,β-unsaturated/α-hetero) is 1. The van der Waals surface area contributed by atoms with Gasteiger partial charge in [-0.1, -0.05) is 13.8 Å². The highest BCUT2D eigenvalue weighted by Crippen LogP contribution is 2.41. The Morgan fingerprint density at radius 2 is 2.08 bits per heavy atom. The number of hydrogen-bond acceptors (Lipinski definition) is 3. The molecular formula is C7H15O4P. The van der Waals surface area contributed by atoms with Crippen molar-refractivity contribution in [2.75, 3.05) is 12.8 Å². The van der Waals surface area contributed by atoms with E-state index < -0.39 is 7.60 Å². The van der Waals surface area contributed by atoms with Gasteiger partial charge in [0.15, 0.2) is 0 Å². The van der Waals surface area contributed by atoms with Gasteiger partial charge in [0.05, 0.1) is 6.61 Å². The van der Waals surface area contributed by atoms with Crippen LogP contribution in [-0.2, 0) is 13.9 Å². The molecule has 72 valence electrons. The molecule has 0 heterocycles. The topological polar surface area (TPSA) is 63.6 Å². The summed E-state index contributed by atoms with van der Waals surface area (Å²) < 4.78 is 15.7. The summed E-state index contributed by atoms with van der Waals surface area (Å²) in [6.45, 7) is 5.21. The summed E-state index contributed by atoms with van der Waals surface area (Å²) in [6.07, 6.45) is -0.389. The van der Waals surface area contributed by atoms with Crippen molar-refractivity contribution in [1.29, 1.82) is 0 Å². The zero-order valence-electron chi connectivity index (χ0n) is 7.61. The number of ketones is 1. The summed E-state index contributed by atoms with van der Waals surface area (Å²) >= 11 is 0. The normalized spacial score (nSPS) is 16.1. The molecule has 0 aliphatic rings. The molecule has 0 aromatic carbocycles. The zero-order valence-corrected chi connectivity index (χ0v) is 8.51. The Bertz CT molecular complexity index is 200. The zero-order chi connectivity index (χ0) is 9.78. The van der Waals surface area contributed by atoms with Gasteiger partial charge in [0.25, 0.3) is 0 Å². The predicted octanol–water partition coefficient (Wildman–Crippen LogP) is 1.43. The van der Waals surface area contributed by atoms with E-state index in [1.165, 1.54) is 6.92 Å². The number of carbonyl (C=O) groups is 1. The molecule has 1 unspecified atom stereocenters. The minimum atomic E-state index is -3.65. The van der Waals surface area contributed by atoms with Gasteiger partial charge in [0.1, 0.15) is 11.9 Å². The molecule has 0 radical (unpaired) electrons. The fourth-order valence-electron chi connectivity index (χ4n) is 0.593. The van der Waals surface area contributed by atoms with Crippen LogP contribution in [0.2, 0.25) is 0 Å². The van der Waals surface area contributed by atoms with Crippen molar-refractivity contribution in [2.24, 2.45) is 5.92 Å². The summed E-state index contributed by atoms with van der Waals surface area (Å²) in [6, 6.07) is 0. The van der Waals surface area contributed by atoms with Gasteiger partial charge in [0.2, 0.25) is 0 Å². The third kappa shape index (κ3) is 6.53. The second kappa shape index (κ2) is 4.75. The van der Waals surface area contributed by atoms with Crippen molar-refractivity contribution in [1.82, 2.24) is 0 Å². The van der Waals surface area contributed by atoms with Crippen LogP contribution in [0.4, 0.5) is 0 Å². The first-order valence-electron chi connectivity index (χ1n) is 3.79. The minimum Gasteiger partial charge on any atom is -0.324 e. The number of carbonyl (C=O) groups excluding carboxylic acids is 1. The molecule has 0 aliphatic heterocycles. The molecule has 0 bridgehead atoms. The number of hydrogen-bond donors (Lipinski definition) is 1. The van der Waals surface area contributed by atoms with Gasteiger partial charge in [-0.2, -0.15) is 0 Å². The van der Waals surface area contributed by atoms with E-state index in [1.54, 1.807) is 0 Å². The highest BCUT2D eigenvalue weighted by molar-refractivity contribution is 7.53. The van der Waals surface area contributed by atoms with Crippen molar-refractivity contribution in [3.8, 4) is 0 Å². The van der Waals surface area contributed by atoms with Crippen LogP contribution in [0.25, 0.3) is 0 Å². The van der Waals surface area contributed by atoms with Crippen LogP contribution in [0.5, 0.6) is 0 Å². The van der Waals surface area contributed by atoms with E-state index in [1.807, 2.05) is 13.8 Å². The average Bonchev–Trinajstić information content (AvgIpc) is 1.81. The fraction of sp³-hybridized carbons (Fsp3) is 0.857. The lowest BCUT2D eigenvalue weighted by Crippen LogP contribution is -2.06. The van der Waals surface area contributed by atoms with Crippen LogP contribution in [0, 0.1) is 5.92 Å². The monoisotopic (exact) mass is 194 g/mol. The van der Waals surface area contributed by atoms with Crippen molar-refractivity contribution >= 4 is 13.4 Å². The Labute approximate surface area is 72.5 Å². The maximum Gasteiger partial charge on any atom is 0.335 e. The van der Waals surface area contributed by atoms with E-state index in [4.69, 9.17) is 9.42 Å². The summed E-state index contributed by atoms with van der Waals surface area (Å²) in [5, 5.41) is 0. The molecule has 0 spiro atoms. The van der Waals surface area contributed by atoms with Crippen molar-refractivity contribution in [3.05, 3.63) is 0 Å². The highest BCUT2D eigenvalue weighted by atomic mass is 31.2. The first-order valence-corrected chi connectivity index (χ1v) is 5.55. The molecule has 0 amide bonds. The molecule has 0 saturated carbocycles. The predicted molar refractivity (Wildman–Crippen MR) is 46.2 cm³/mol. The second-order valence-electron chi connectivity index (χ2n) is 3.19. The second-order valence-corrected chi connectivity index (χ2v) is 5.04. The lowest BCUT2D eigenvalue weighted by molar-refractivity contribution is -0.114. The summed E-state index contributed by atoms with van der Waals surface area (Å²) in [4.78, 5) is 19.5. The maximum atomic E-state index is 11.0.